The van der Waals surface area contributed by atoms with Crippen LogP contribution in [-0.2, 0) is 4.79 Å². The third-order valence-electron chi connectivity index (χ3n) is 1.39. The van der Waals surface area contributed by atoms with Crippen molar-refractivity contribution in [2.45, 2.75) is 0 Å². The molecule has 0 atom stereocenters. The second-order valence-corrected chi connectivity index (χ2v) is 3.54. The van der Waals surface area contributed by atoms with Gasteiger partial charge < -0.3 is 11.1 Å². The standard InChI is InChI=1S/C8H8FIN2O/c9-5-1-2-7(6(10)3-5)12-8(13)4-11/h1-3H,4,11H2,(H,12,13). The van der Waals surface area contributed by atoms with Crippen LogP contribution in [0.15, 0.2) is 18.2 Å². The fourth-order valence-corrected chi connectivity index (χ4v) is 1.40. The number of halogens is 2. The monoisotopic (exact) mass is 294 g/mol. The molecule has 0 bridgehead atoms. The summed E-state index contributed by atoms with van der Waals surface area (Å²) in [7, 11) is 0. The van der Waals surface area contributed by atoms with Gasteiger partial charge in [0.2, 0.25) is 5.91 Å². The Morgan fingerprint density at radius 3 is 2.85 bits per heavy atom. The van der Waals surface area contributed by atoms with Crippen molar-refractivity contribution in [3.05, 3.63) is 27.6 Å². The molecule has 0 aliphatic carbocycles. The average molecular weight is 294 g/mol. The van der Waals surface area contributed by atoms with Crippen molar-refractivity contribution in [1.29, 1.82) is 0 Å². The second-order valence-electron chi connectivity index (χ2n) is 2.38. The zero-order valence-electron chi connectivity index (χ0n) is 6.68. The number of anilines is 1. The van der Waals surface area contributed by atoms with Crippen LogP contribution in [0.4, 0.5) is 10.1 Å². The van der Waals surface area contributed by atoms with Crippen molar-refractivity contribution >= 4 is 34.2 Å². The third kappa shape index (κ3) is 2.92. The van der Waals surface area contributed by atoms with Crippen molar-refractivity contribution in [3.8, 4) is 0 Å². The van der Waals surface area contributed by atoms with Gasteiger partial charge in [0.1, 0.15) is 5.82 Å². The van der Waals surface area contributed by atoms with Crippen LogP contribution in [0.25, 0.3) is 0 Å². The van der Waals surface area contributed by atoms with E-state index in [1.165, 1.54) is 18.2 Å². The predicted octanol–water partition coefficient (Wildman–Crippen LogP) is 1.33. The third-order valence-corrected chi connectivity index (χ3v) is 2.28. The van der Waals surface area contributed by atoms with E-state index >= 15 is 0 Å². The molecule has 0 spiro atoms. The first-order chi connectivity index (χ1) is 6.13. The molecule has 70 valence electrons. The summed E-state index contributed by atoms with van der Waals surface area (Å²) >= 11 is 1.94. The minimum absolute atomic E-state index is 0.0759. The predicted molar refractivity (Wildman–Crippen MR) is 56.8 cm³/mol. The zero-order valence-corrected chi connectivity index (χ0v) is 8.84. The SMILES string of the molecule is NCC(=O)Nc1ccc(F)cc1I. The van der Waals surface area contributed by atoms with Crippen molar-refractivity contribution in [1.82, 2.24) is 0 Å². The average Bonchev–Trinajstić information content (AvgIpc) is 2.09. The van der Waals surface area contributed by atoms with Gasteiger partial charge in [-0.2, -0.15) is 0 Å². The van der Waals surface area contributed by atoms with Crippen LogP contribution in [0.2, 0.25) is 0 Å². The van der Waals surface area contributed by atoms with Crippen LogP contribution in [0, 0.1) is 9.39 Å². The highest BCUT2D eigenvalue weighted by Gasteiger charge is 2.03. The molecule has 1 aromatic carbocycles. The molecule has 0 aliphatic rings. The van der Waals surface area contributed by atoms with E-state index in [4.69, 9.17) is 5.73 Å². The fourth-order valence-electron chi connectivity index (χ4n) is 0.792. The molecule has 5 heteroatoms. The van der Waals surface area contributed by atoms with E-state index < -0.39 is 0 Å². The highest BCUT2D eigenvalue weighted by atomic mass is 127. The summed E-state index contributed by atoms with van der Waals surface area (Å²) in [6.07, 6.45) is 0. The van der Waals surface area contributed by atoms with Crippen LogP contribution in [-0.4, -0.2) is 12.5 Å². The number of rotatable bonds is 2. The first-order valence-corrected chi connectivity index (χ1v) is 4.66. The molecule has 3 N–H and O–H groups in total. The maximum atomic E-state index is 12.6. The quantitative estimate of drug-likeness (QED) is 0.808. The summed E-state index contributed by atoms with van der Waals surface area (Å²) in [5.74, 6) is -0.611. The van der Waals surface area contributed by atoms with Gasteiger partial charge in [-0.25, -0.2) is 4.39 Å². The van der Waals surface area contributed by atoms with Gasteiger partial charge in [-0.3, -0.25) is 4.79 Å². The molecule has 0 radical (unpaired) electrons. The summed E-state index contributed by atoms with van der Waals surface area (Å²) in [5.41, 5.74) is 5.69. The van der Waals surface area contributed by atoms with E-state index in [0.29, 0.717) is 9.26 Å². The highest BCUT2D eigenvalue weighted by molar-refractivity contribution is 14.1. The van der Waals surface area contributed by atoms with Crippen LogP contribution in [0.5, 0.6) is 0 Å². The summed E-state index contributed by atoms with van der Waals surface area (Å²) < 4.78 is 13.3. The van der Waals surface area contributed by atoms with E-state index in [0.717, 1.165) is 0 Å². The van der Waals surface area contributed by atoms with Gasteiger partial charge in [0.05, 0.1) is 12.2 Å². The van der Waals surface area contributed by atoms with Gasteiger partial charge in [-0.1, -0.05) is 0 Å². The Bertz CT molecular complexity index is 330. The van der Waals surface area contributed by atoms with Gasteiger partial charge in [0.25, 0.3) is 0 Å². The molecular weight excluding hydrogens is 286 g/mol. The minimum atomic E-state index is -0.324. The van der Waals surface area contributed by atoms with E-state index in [2.05, 4.69) is 5.32 Å². The number of nitrogens with one attached hydrogen (secondary N) is 1. The molecule has 0 unspecified atom stereocenters. The van der Waals surface area contributed by atoms with E-state index in [1.807, 2.05) is 22.6 Å². The summed E-state index contributed by atoms with van der Waals surface area (Å²) in [6.45, 7) is -0.0759. The van der Waals surface area contributed by atoms with Crippen molar-refractivity contribution in [3.63, 3.8) is 0 Å². The molecule has 0 aliphatic heterocycles. The summed E-state index contributed by atoms with van der Waals surface area (Å²) in [5, 5.41) is 2.55. The van der Waals surface area contributed by atoms with E-state index in [-0.39, 0.29) is 18.3 Å². The summed E-state index contributed by atoms with van der Waals surface area (Å²) in [6, 6.07) is 4.13. The lowest BCUT2D eigenvalue weighted by molar-refractivity contribution is -0.114. The number of carbonyl (C=O) groups is 1. The Hall–Kier alpha value is -0.690. The molecule has 0 aromatic heterocycles. The molecule has 1 rings (SSSR count). The minimum Gasteiger partial charge on any atom is -0.324 e. The number of hydrogen-bond donors (Lipinski definition) is 2. The Kier molecular flexibility index (Phi) is 3.61. The molecule has 1 aromatic rings. The number of benzene rings is 1. The highest BCUT2D eigenvalue weighted by Crippen LogP contribution is 2.18. The molecule has 0 fully saturated rings. The second kappa shape index (κ2) is 4.52. The molecule has 0 saturated carbocycles. The molecule has 13 heavy (non-hydrogen) atoms. The van der Waals surface area contributed by atoms with Crippen molar-refractivity contribution in [2.75, 3.05) is 11.9 Å². The van der Waals surface area contributed by atoms with Crippen LogP contribution >= 0.6 is 22.6 Å². The Labute approximate surface area is 88.6 Å². The van der Waals surface area contributed by atoms with Gasteiger partial charge in [0.15, 0.2) is 0 Å². The van der Waals surface area contributed by atoms with Gasteiger partial charge in [-0.15, -0.1) is 0 Å². The molecule has 0 saturated heterocycles. The Morgan fingerprint density at radius 2 is 2.31 bits per heavy atom. The lowest BCUT2D eigenvalue weighted by Crippen LogP contribution is -2.22. The fraction of sp³-hybridized carbons (Fsp3) is 0.125. The van der Waals surface area contributed by atoms with Crippen LogP contribution in [0.1, 0.15) is 0 Å². The van der Waals surface area contributed by atoms with Gasteiger partial charge >= 0.3 is 0 Å². The lowest BCUT2D eigenvalue weighted by atomic mass is 10.3. The Morgan fingerprint density at radius 1 is 1.62 bits per heavy atom. The first kappa shape index (κ1) is 10.4. The number of hydrogen-bond acceptors (Lipinski definition) is 2. The van der Waals surface area contributed by atoms with E-state index in [1.54, 1.807) is 0 Å². The lowest BCUT2D eigenvalue weighted by Gasteiger charge is -2.05. The smallest absolute Gasteiger partial charge is 0.238 e. The zero-order chi connectivity index (χ0) is 9.84. The molecule has 0 heterocycles. The van der Waals surface area contributed by atoms with Crippen molar-refractivity contribution < 1.29 is 9.18 Å². The van der Waals surface area contributed by atoms with Crippen molar-refractivity contribution in [2.24, 2.45) is 5.73 Å². The normalized spacial score (nSPS) is 9.77. The molecular formula is C8H8FIN2O. The number of amides is 1. The van der Waals surface area contributed by atoms with E-state index in [9.17, 15) is 9.18 Å². The topological polar surface area (TPSA) is 55.1 Å². The first-order valence-electron chi connectivity index (χ1n) is 3.58. The summed E-state index contributed by atoms with van der Waals surface area (Å²) in [4.78, 5) is 10.9. The molecule has 1 amide bonds. The van der Waals surface area contributed by atoms with Crippen LogP contribution in [0.3, 0.4) is 0 Å². The maximum Gasteiger partial charge on any atom is 0.238 e. The number of carbonyl (C=O) groups excluding carboxylic acids is 1. The van der Waals surface area contributed by atoms with Crippen LogP contribution < -0.4 is 11.1 Å². The van der Waals surface area contributed by atoms with Gasteiger partial charge in [-0.05, 0) is 40.8 Å². The molecule has 3 nitrogen and oxygen atoms in total. The van der Waals surface area contributed by atoms with Gasteiger partial charge in [0, 0.05) is 3.57 Å². The Balaban J connectivity index is 2.83. The maximum absolute atomic E-state index is 12.6. The largest absolute Gasteiger partial charge is 0.324 e. The number of nitrogens with two attached hydrogens (primary N) is 1.